The fraction of sp³-hybridized carbons (Fsp3) is 0.357. The predicted molar refractivity (Wildman–Crippen MR) is 71.4 cm³/mol. The minimum Gasteiger partial charge on any atom is -0.268 e. The van der Waals surface area contributed by atoms with Gasteiger partial charge in [0.05, 0.1) is 11.6 Å². The van der Waals surface area contributed by atoms with Gasteiger partial charge >= 0.3 is 0 Å². The molecule has 0 atom stereocenters. The summed E-state index contributed by atoms with van der Waals surface area (Å²) in [6.45, 7) is 6.51. The van der Waals surface area contributed by atoms with Gasteiger partial charge in [0.1, 0.15) is 5.82 Å². The lowest BCUT2D eigenvalue weighted by molar-refractivity contribution is 0.521. The van der Waals surface area contributed by atoms with E-state index in [1.807, 2.05) is 39.1 Å². The minimum absolute atomic E-state index is 0.171. The van der Waals surface area contributed by atoms with Crippen LogP contribution in [0.2, 0.25) is 5.02 Å². The lowest BCUT2D eigenvalue weighted by Crippen LogP contribution is -2.15. The highest BCUT2D eigenvalue weighted by atomic mass is 35.5. The monoisotopic (exact) mass is 266 g/mol. The Balaban J connectivity index is 2.41. The van der Waals surface area contributed by atoms with E-state index in [9.17, 15) is 4.39 Å². The quantitative estimate of drug-likeness (QED) is 0.803. The average molecular weight is 267 g/mol. The third kappa shape index (κ3) is 2.72. The van der Waals surface area contributed by atoms with Gasteiger partial charge in [-0.25, -0.2) is 4.39 Å². The van der Waals surface area contributed by atoms with Crippen molar-refractivity contribution in [3.05, 3.63) is 52.6 Å². The summed E-state index contributed by atoms with van der Waals surface area (Å²) in [4.78, 5) is 0. The molecule has 0 radical (unpaired) electrons. The highest BCUT2D eigenvalue weighted by Gasteiger charge is 2.21. The lowest BCUT2D eigenvalue weighted by atomic mass is 9.85. The SMILES string of the molecule is CC(C)(C)c1cc(Cn2cccn2)cc(Cl)c1F. The van der Waals surface area contributed by atoms with E-state index in [4.69, 9.17) is 11.6 Å². The fourth-order valence-corrected chi connectivity index (χ4v) is 2.11. The van der Waals surface area contributed by atoms with Crippen LogP contribution in [0, 0.1) is 5.82 Å². The van der Waals surface area contributed by atoms with Crippen molar-refractivity contribution in [2.24, 2.45) is 0 Å². The first-order valence-electron chi connectivity index (χ1n) is 5.84. The van der Waals surface area contributed by atoms with Gasteiger partial charge in [-0.15, -0.1) is 0 Å². The second-order valence-electron chi connectivity index (χ2n) is 5.39. The van der Waals surface area contributed by atoms with Gasteiger partial charge in [-0.1, -0.05) is 38.4 Å². The highest BCUT2D eigenvalue weighted by Crippen LogP contribution is 2.30. The maximum Gasteiger partial charge on any atom is 0.145 e. The first-order chi connectivity index (χ1) is 8.38. The molecular weight excluding hydrogens is 251 g/mol. The maximum atomic E-state index is 14.0. The van der Waals surface area contributed by atoms with Gasteiger partial charge in [-0.05, 0) is 28.7 Å². The third-order valence-electron chi connectivity index (χ3n) is 2.80. The zero-order valence-corrected chi connectivity index (χ0v) is 11.5. The molecule has 0 aliphatic heterocycles. The van der Waals surface area contributed by atoms with Crippen LogP contribution in [0.1, 0.15) is 31.9 Å². The fourth-order valence-electron chi connectivity index (χ4n) is 1.86. The van der Waals surface area contributed by atoms with Crippen LogP contribution in [0.3, 0.4) is 0 Å². The van der Waals surface area contributed by atoms with Crippen LogP contribution in [-0.2, 0) is 12.0 Å². The van der Waals surface area contributed by atoms with Crippen LogP contribution in [-0.4, -0.2) is 9.78 Å². The van der Waals surface area contributed by atoms with Gasteiger partial charge in [-0.2, -0.15) is 5.10 Å². The van der Waals surface area contributed by atoms with Crippen molar-refractivity contribution >= 4 is 11.6 Å². The summed E-state index contributed by atoms with van der Waals surface area (Å²) in [6.07, 6.45) is 3.59. The van der Waals surface area contributed by atoms with Crippen LogP contribution < -0.4 is 0 Å². The topological polar surface area (TPSA) is 17.8 Å². The molecule has 18 heavy (non-hydrogen) atoms. The molecule has 0 spiro atoms. The predicted octanol–water partition coefficient (Wildman–Crippen LogP) is 4.02. The molecule has 0 amide bonds. The number of hydrogen-bond acceptors (Lipinski definition) is 1. The van der Waals surface area contributed by atoms with Gasteiger partial charge in [-0.3, -0.25) is 4.68 Å². The average Bonchev–Trinajstić information content (AvgIpc) is 2.74. The Hall–Kier alpha value is -1.35. The van der Waals surface area contributed by atoms with Gasteiger partial charge < -0.3 is 0 Å². The van der Waals surface area contributed by atoms with E-state index in [1.54, 1.807) is 16.9 Å². The summed E-state index contributed by atoms with van der Waals surface area (Å²) in [5, 5.41) is 4.31. The van der Waals surface area contributed by atoms with E-state index in [-0.39, 0.29) is 16.3 Å². The van der Waals surface area contributed by atoms with Crippen molar-refractivity contribution in [2.75, 3.05) is 0 Å². The van der Waals surface area contributed by atoms with Crippen LogP contribution in [0.25, 0.3) is 0 Å². The maximum absolute atomic E-state index is 14.0. The Morgan fingerprint density at radius 3 is 2.61 bits per heavy atom. The number of nitrogens with zero attached hydrogens (tertiary/aromatic N) is 2. The largest absolute Gasteiger partial charge is 0.268 e. The molecule has 4 heteroatoms. The van der Waals surface area contributed by atoms with Crippen LogP contribution >= 0.6 is 11.6 Å². The van der Waals surface area contributed by atoms with E-state index < -0.39 is 0 Å². The Morgan fingerprint density at radius 1 is 1.33 bits per heavy atom. The molecule has 1 aromatic carbocycles. The molecule has 0 unspecified atom stereocenters. The van der Waals surface area contributed by atoms with Crippen LogP contribution in [0.5, 0.6) is 0 Å². The molecule has 0 aliphatic carbocycles. The van der Waals surface area contributed by atoms with Crippen LogP contribution in [0.15, 0.2) is 30.6 Å². The number of aromatic nitrogens is 2. The van der Waals surface area contributed by atoms with E-state index in [0.29, 0.717) is 12.1 Å². The van der Waals surface area contributed by atoms with Gasteiger partial charge in [0.2, 0.25) is 0 Å². The zero-order valence-electron chi connectivity index (χ0n) is 10.7. The normalized spacial score (nSPS) is 11.8. The molecule has 0 N–H and O–H groups in total. The Bertz CT molecular complexity index is 542. The van der Waals surface area contributed by atoms with Crippen molar-refractivity contribution in [1.29, 1.82) is 0 Å². The standard InChI is InChI=1S/C14H16ClFN2/c1-14(2,3)11-7-10(8-12(15)13(11)16)9-18-6-4-5-17-18/h4-8H,9H2,1-3H3. The molecule has 0 saturated carbocycles. The Morgan fingerprint density at radius 2 is 2.06 bits per heavy atom. The summed E-state index contributed by atoms with van der Waals surface area (Å²) in [5.41, 5.74) is 1.32. The molecular formula is C14H16ClFN2. The Labute approximate surface area is 111 Å². The van der Waals surface area contributed by atoms with Crippen molar-refractivity contribution in [1.82, 2.24) is 9.78 Å². The first-order valence-corrected chi connectivity index (χ1v) is 6.21. The van der Waals surface area contributed by atoms with E-state index in [1.165, 1.54) is 0 Å². The molecule has 1 heterocycles. The van der Waals surface area contributed by atoms with E-state index in [0.717, 1.165) is 5.56 Å². The van der Waals surface area contributed by atoms with Crippen molar-refractivity contribution in [3.63, 3.8) is 0 Å². The van der Waals surface area contributed by atoms with Crippen molar-refractivity contribution < 1.29 is 4.39 Å². The van der Waals surface area contributed by atoms with Gasteiger partial charge in [0.15, 0.2) is 0 Å². The summed E-state index contributed by atoms with van der Waals surface area (Å²) >= 11 is 5.96. The zero-order chi connectivity index (χ0) is 13.3. The first kappa shape index (κ1) is 13.1. The van der Waals surface area contributed by atoms with E-state index >= 15 is 0 Å². The molecule has 0 aliphatic rings. The summed E-state index contributed by atoms with van der Waals surface area (Å²) in [7, 11) is 0. The van der Waals surface area contributed by atoms with Crippen molar-refractivity contribution in [3.8, 4) is 0 Å². The van der Waals surface area contributed by atoms with Crippen LogP contribution in [0.4, 0.5) is 4.39 Å². The molecule has 1 aromatic heterocycles. The summed E-state index contributed by atoms with van der Waals surface area (Å²) in [6, 6.07) is 5.38. The molecule has 2 nitrogen and oxygen atoms in total. The molecule has 2 rings (SSSR count). The second-order valence-corrected chi connectivity index (χ2v) is 5.80. The smallest absolute Gasteiger partial charge is 0.145 e. The number of benzene rings is 1. The molecule has 96 valence electrons. The van der Waals surface area contributed by atoms with Gasteiger partial charge in [0, 0.05) is 12.4 Å². The summed E-state index contributed by atoms with van der Waals surface area (Å²) < 4.78 is 15.8. The minimum atomic E-state index is -0.326. The third-order valence-corrected chi connectivity index (χ3v) is 3.07. The molecule has 0 bridgehead atoms. The molecule has 2 aromatic rings. The number of halogens is 2. The second kappa shape index (κ2) is 4.73. The number of hydrogen-bond donors (Lipinski definition) is 0. The van der Waals surface area contributed by atoms with Gasteiger partial charge in [0.25, 0.3) is 0 Å². The molecule has 0 fully saturated rings. The van der Waals surface area contributed by atoms with E-state index in [2.05, 4.69) is 5.10 Å². The molecule has 0 saturated heterocycles. The number of rotatable bonds is 2. The highest BCUT2D eigenvalue weighted by molar-refractivity contribution is 6.30. The summed E-state index contributed by atoms with van der Waals surface area (Å²) in [5.74, 6) is -0.326. The Kier molecular flexibility index (Phi) is 3.44. The van der Waals surface area contributed by atoms with Crippen molar-refractivity contribution in [2.45, 2.75) is 32.7 Å². The lowest BCUT2D eigenvalue weighted by Gasteiger charge is -2.21.